The number of nitro benzene ring substituents is 1. The van der Waals surface area contributed by atoms with Crippen molar-refractivity contribution >= 4 is 29.2 Å². The van der Waals surface area contributed by atoms with Gasteiger partial charge in [-0.05, 0) is 6.92 Å². The van der Waals surface area contributed by atoms with Crippen LogP contribution in [0.3, 0.4) is 0 Å². The maximum atomic E-state index is 12.4. The van der Waals surface area contributed by atoms with Crippen molar-refractivity contribution in [1.82, 2.24) is 0 Å². The number of carbonyl (C=O) groups excluding carboxylic acids is 1. The first-order valence-corrected chi connectivity index (χ1v) is 7.39. The molecule has 1 N–H and O–H groups in total. The SMILES string of the molecule is C/C(=N\N=C/c1cccc([N+](=O)[O-])c1)C1=C(O)c2ccccc2C1=O. The molecule has 0 radical (unpaired) electrons. The van der Waals surface area contributed by atoms with Crippen molar-refractivity contribution in [3.63, 3.8) is 0 Å². The molecule has 25 heavy (non-hydrogen) atoms. The van der Waals surface area contributed by atoms with Gasteiger partial charge < -0.3 is 5.11 Å². The van der Waals surface area contributed by atoms with Crippen molar-refractivity contribution in [1.29, 1.82) is 0 Å². The second kappa shape index (κ2) is 6.48. The number of allylic oxidation sites excluding steroid dienone is 1. The lowest BCUT2D eigenvalue weighted by molar-refractivity contribution is -0.384. The Morgan fingerprint density at radius 1 is 1.16 bits per heavy atom. The van der Waals surface area contributed by atoms with Gasteiger partial charge in [-0.2, -0.15) is 10.2 Å². The number of hydrogen-bond acceptors (Lipinski definition) is 6. The summed E-state index contributed by atoms with van der Waals surface area (Å²) in [6.45, 7) is 1.57. The van der Waals surface area contributed by atoms with Gasteiger partial charge in [-0.1, -0.05) is 36.4 Å². The number of nitro groups is 1. The van der Waals surface area contributed by atoms with E-state index in [1.165, 1.54) is 18.3 Å². The molecule has 0 saturated heterocycles. The number of fused-ring (bicyclic) bond motifs is 1. The van der Waals surface area contributed by atoms with Gasteiger partial charge in [-0.3, -0.25) is 14.9 Å². The number of nitrogens with zero attached hydrogens (tertiary/aromatic N) is 3. The highest BCUT2D eigenvalue weighted by Crippen LogP contribution is 2.31. The van der Waals surface area contributed by atoms with Crippen LogP contribution in [0.1, 0.15) is 28.4 Å². The molecule has 7 heteroatoms. The Kier molecular flexibility index (Phi) is 4.21. The van der Waals surface area contributed by atoms with Crippen LogP contribution in [0.5, 0.6) is 0 Å². The molecular weight excluding hydrogens is 322 g/mol. The first-order valence-electron chi connectivity index (χ1n) is 7.39. The number of Topliss-reactive ketones (excluding diaryl/α,β-unsaturated/α-hetero) is 1. The average molecular weight is 335 g/mol. The van der Waals surface area contributed by atoms with Crippen LogP contribution in [0.15, 0.2) is 64.3 Å². The molecule has 0 atom stereocenters. The summed E-state index contributed by atoms with van der Waals surface area (Å²) >= 11 is 0. The molecule has 2 aromatic rings. The van der Waals surface area contributed by atoms with Gasteiger partial charge in [0, 0.05) is 28.8 Å². The van der Waals surface area contributed by atoms with Crippen LogP contribution in [0.2, 0.25) is 0 Å². The van der Waals surface area contributed by atoms with Crippen LogP contribution in [-0.2, 0) is 0 Å². The van der Waals surface area contributed by atoms with Gasteiger partial charge in [0.15, 0.2) is 5.78 Å². The lowest BCUT2D eigenvalue weighted by Crippen LogP contribution is -2.07. The number of carbonyl (C=O) groups is 1. The molecule has 0 aromatic heterocycles. The molecule has 1 aliphatic rings. The molecule has 0 aliphatic heterocycles. The highest BCUT2D eigenvalue weighted by molar-refractivity contribution is 6.35. The maximum Gasteiger partial charge on any atom is 0.270 e. The zero-order valence-corrected chi connectivity index (χ0v) is 13.2. The minimum Gasteiger partial charge on any atom is -0.506 e. The smallest absolute Gasteiger partial charge is 0.270 e. The molecular formula is C18H13N3O4. The highest BCUT2D eigenvalue weighted by atomic mass is 16.6. The summed E-state index contributed by atoms with van der Waals surface area (Å²) in [5.41, 5.74) is 1.72. The largest absolute Gasteiger partial charge is 0.506 e. The molecule has 0 amide bonds. The normalized spacial score (nSPS) is 14.3. The van der Waals surface area contributed by atoms with E-state index in [0.717, 1.165) is 0 Å². The fraction of sp³-hybridized carbons (Fsp3) is 0.0556. The topological polar surface area (TPSA) is 105 Å². The molecule has 0 fully saturated rings. The fourth-order valence-electron chi connectivity index (χ4n) is 2.55. The number of ketones is 1. The van der Waals surface area contributed by atoms with E-state index in [2.05, 4.69) is 10.2 Å². The molecule has 0 heterocycles. The average Bonchev–Trinajstić information content (AvgIpc) is 2.86. The summed E-state index contributed by atoms with van der Waals surface area (Å²) in [6.07, 6.45) is 1.35. The summed E-state index contributed by atoms with van der Waals surface area (Å²) in [4.78, 5) is 22.6. The summed E-state index contributed by atoms with van der Waals surface area (Å²) in [5.74, 6) is -0.424. The fourth-order valence-corrected chi connectivity index (χ4v) is 2.55. The van der Waals surface area contributed by atoms with E-state index in [1.54, 1.807) is 43.3 Å². The van der Waals surface area contributed by atoms with Gasteiger partial charge in [0.05, 0.1) is 22.4 Å². The highest BCUT2D eigenvalue weighted by Gasteiger charge is 2.30. The summed E-state index contributed by atoms with van der Waals surface area (Å²) in [5, 5.41) is 28.8. The third-order valence-electron chi connectivity index (χ3n) is 3.75. The zero-order valence-electron chi connectivity index (χ0n) is 13.2. The van der Waals surface area contributed by atoms with Crippen LogP contribution in [0, 0.1) is 10.1 Å². The van der Waals surface area contributed by atoms with E-state index in [4.69, 9.17) is 0 Å². The molecule has 1 aliphatic carbocycles. The Balaban J connectivity index is 1.86. The molecule has 0 saturated carbocycles. The van der Waals surface area contributed by atoms with Crippen molar-refractivity contribution in [2.24, 2.45) is 10.2 Å². The minimum absolute atomic E-state index is 0.0496. The van der Waals surface area contributed by atoms with Crippen molar-refractivity contribution in [3.8, 4) is 0 Å². The first kappa shape index (κ1) is 16.3. The summed E-state index contributed by atoms with van der Waals surface area (Å²) in [7, 11) is 0. The van der Waals surface area contributed by atoms with Crippen molar-refractivity contribution < 1.29 is 14.8 Å². The van der Waals surface area contributed by atoms with E-state index in [1.807, 2.05) is 0 Å². The number of rotatable bonds is 4. The van der Waals surface area contributed by atoms with Gasteiger partial charge >= 0.3 is 0 Å². The van der Waals surface area contributed by atoms with E-state index >= 15 is 0 Å². The third kappa shape index (κ3) is 3.07. The van der Waals surface area contributed by atoms with Gasteiger partial charge in [0.25, 0.3) is 5.69 Å². The molecule has 3 rings (SSSR count). The minimum atomic E-state index is -0.497. The van der Waals surface area contributed by atoms with E-state index in [-0.39, 0.29) is 28.5 Å². The second-order valence-electron chi connectivity index (χ2n) is 5.38. The van der Waals surface area contributed by atoms with Crippen molar-refractivity contribution in [3.05, 3.63) is 80.9 Å². The predicted molar refractivity (Wildman–Crippen MR) is 94.1 cm³/mol. The molecule has 124 valence electrons. The van der Waals surface area contributed by atoms with E-state index in [0.29, 0.717) is 16.7 Å². The van der Waals surface area contributed by atoms with Crippen molar-refractivity contribution in [2.45, 2.75) is 6.92 Å². The van der Waals surface area contributed by atoms with Crippen LogP contribution in [-0.4, -0.2) is 27.7 Å². The van der Waals surface area contributed by atoms with Gasteiger partial charge in [0.2, 0.25) is 0 Å². The predicted octanol–water partition coefficient (Wildman–Crippen LogP) is 3.56. The lowest BCUT2D eigenvalue weighted by Gasteiger charge is -1.99. The Morgan fingerprint density at radius 3 is 2.56 bits per heavy atom. The van der Waals surface area contributed by atoms with Crippen LogP contribution < -0.4 is 0 Å². The Hall–Kier alpha value is -3.61. The number of benzene rings is 2. The second-order valence-corrected chi connectivity index (χ2v) is 5.38. The van der Waals surface area contributed by atoms with Gasteiger partial charge in [-0.15, -0.1) is 0 Å². The Bertz CT molecular complexity index is 974. The van der Waals surface area contributed by atoms with Crippen LogP contribution in [0.25, 0.3) is 5.76 Å². The standard InChI is InChI=1S/C18H13N3O4/c1-11(16-17(22)14-7-2-3-8-15(14)18(16)23)20-19-10-12-5-4-6-13(9-12)21(24)25/h2-10,22H,1H3/b19-10-,20-11+. The molecule has 0 spiro atoms. The molecule has 0 bridgehead atoms. The number of aliphatic hydroxyl groups is 1. The Morgan fingerprint density at radius 2 is 1.88 bits per heavy atom. The van der Waals surface area contributed by atoms with E-state index < -0.39 is 4.92 Å². The number of hydrogen-bond donors (Lipinski definition) is 1. The summed E-state index contributed by atoms with van der Waals surface area (Å²) in [6, 6.07) is 12.7. The zero-order chi connectivity index (χ0) is 18.0. The lowest BCUT2D eigenvalue weighted by atomic mass is 10.1. The number of aliphatic hydroxyl groups excluding tert-OH is 1. The Labute approximate surface area is 142 Å². The van der Waals surface area contributed by atoms with Crippen LogP contribution >= 0.6 is 0 Å². The van der Waals surface area contributed by atoms with Gasteiger partial charge in [0.1, 0.15) is 5.76 Å². The maximum absolute atomic E-state index is 12.4. The summed E-state index contributed by atoms with van der Waals surface area (Å²) < 4.78 is 0. The molecule has 0 unspecified atom stereocenters. The van der Waals surface area contributed by atoms with Gasteiger partial charge in [-0.25, -0.2) is 0 Å². The molecule has 7 nitrogen and oxygen atoms in total. The molecule has 2 aromatic carbocycles. The van der Waals surface area contributed by atoms with Crippen molar-refractivity contribution in [2.75, 3.05) is 0 Å². The van der Waals surface area contributed by atoms with E-state index in [9.17, 15) is 20.0 Å². The number of non-ortho nitro benzene ring substituents is 1. The van der Waals surface area contributed by atoms with Crippen LogP contribution in [0.4, 0.5) is 5.69 Å². The monoisotopic (exact) mass is 335 g/mol. The quantitative estimate of drug-likeness (QED) is 0.524. The third-order valence-corrected chi connectivity index (χ3v) is 3.75. The first-order chi connectivity index (χ1) is 12.0.